The molecule has 0 atom stereocenters. The lowest BCUT2D eigenvalue weighted by Crippen LogP contribution is -2.41. The van der Waals surface area contributed by atoms with Crippen LogP contribution in [0.5, 0.6) is 0 Å². The maximum absolute atomic E-state index is 8.99. The van der Waals surface area contributed by atoms with Crippen LogP contribution < -0.4 is 0 Å². The highest BCUT2D eigenvalue weighted by molar-refractivity contribution is 5.03. The summed E-state index contributed by atoms with van der Waals surface area (Å²) < 4.78 is 14.8. The third-order valence-electron chi connectivity index (χ3n) is 1.62. The van der Waals surface area contributed by atoms with Crippen LogP contribution in [0, 0.1) is 45.3 Å². The van der Waals surface area contributed by atoms with Crippen molar-refractivity contribution in [2.24, 2.45) is 0 Å². The molecular formula is C10H10N4O3. The summed E-state index contributed by atoms with van der Waals surface area (Å²) in [6.45, 7) is -1.11. The van der Waals surface area contributed by atoms with Crippen LogP contribution in [-0.2, 0) is 14.2 Å². The number of nitrogens with zero attached hydrogens (tertiary/aromatic N) is 4. The molecular weight excluding hydrogens is 224 g/mol. The first-order chi connectivity index (χ1) is 8.24. The van der Waals surface area contributed by atoms with Gasteiger partial charge in [0.05, 0.1) is 31.4 Å². The third kappa shape index (κ3) is 6.10. The standard InChI is InChI=1S/C10H10N4O3/c11-1-4-15-8-10(7-14,17-6-3-13)9-16-5-2-12/h4-6,8-9H2. The SMILES string of the molecule is N#CCOCC(C#N)(COCC#N)OCC#N. The van der Waals surface area contributed by atoms with E-state index < -0.39 is 5.60 Å². The molecule has 0 N–H and O–H groups in total. The highest BCUT2D eigenvalue weighted by Crippen LogP contribution is 2.11. The van der Waals surface area contributed by atoms with Crippen molar-refractivity contribution in [3.8, 4) is 24.3 Å². The Morgan fingerprint density at radius 3 is 1.59 bits per heavy atom. The molecule has 0 radical (unpaired) electrons. The van der Waals surface area contributed by atoms with Crippen molar-refractivity contribution >= 4 is 0 Å². The summed E-state index contributed by atoms with van der Waals surface area (Å²) >= 11 is 0. The largest absolute Gasteiger partial charge is 0.362 e. The van der Waals surface area contributed by atoms with E-state index in [1.54, 1.807) is 18.2 Å². The molecule has 0 saturated heterocycles. The molecule has 0 bridgehead atoms. The van der Waals surface area contributed by atoms with Crippen molar-refractivity contribution in [3.63, 3.8) is 0 Å². The maximum atomic E-state index is 8.99. The lowest BCUT2D eigenvalue weighted by atomic mass is 10.1. The molecule has 88 valence electrons. The van der Waals surface area contributed by atoms with Gasteiger partial charge in [-0.25, -0.2) is 0 Å². The topological polar surface area (TPSA) is 123 Å². The molecule has 0 aliphatic rings. The minimum atomic E-state index is -1.47. The second-order valence-electron chi connectivity index (χ2n) is 2.85. The molecule has 0 aliphatic carbocycles. The van der Waals surface area contributed by atoms with Crippen molar-refractivity contribution in [2.75, 3.05) is 33.0 Å². The maximum Gasteiger partial charge on any atom is 0.201 e. The number of hydrogen-bond donors (Lipinski definition) is 0. The summed E-state index contributed by atoms with van der Waals surface area (Å²) in [5, 5.41) is 34.0. The van der Waals surface area contributed by atoms with Crippen LogP contribution in [0.1, 0.15) is 0 Å². The van der Waals surface area contributed by atoms with Crippen LogP contribution in [0.4, 0.5) is 0 Å². The zero-order chi connectivity index (χ0) is 13.0. The highest BCUT2D eigenvalue weighted by atomic mass is 16.6. The van der Waals surface area contributed by atoms with Gasteiger partial charge in [0.2, 0.25) is 5.60 Å². The predicted octanol–water partition coefficient (Wildman–Crippen LogP) is -0.131. The molecule has 0 heterocycles. The van der Waals surface area contributed by atoms with E-state index >= 15 is 0 Å². The van der Waals surface area contributed by atoms with Crippen molar-refractivity contribution in [1.29, 1.82) is 21.0 Å². The van der Waals surface area contributed by atoms with Gasteiger partial charge in [-0.15, -0.1) is 0 Å². The van der Waals surface area contributed by atoms with E-state index in [4.69, 9.17) is 35.3 Å². The molecule has 0 aromatic heterocycles. The molecule has 17 heavy (non-hydrogen) atoms. The molecule has 0 rings (SSSR count). The normalized spacial score (nSPS) is 9.65. The summed E-state index contributed by atoms with van der Waals surface area (Å²) in [6, 6.07) is 7.03. The number of nitriles is 4. The first-order valence-electron chi connectivity index (χ1n) is 4.56. The molecule has 0 aromatic carbocycles. The molecule has 0 aromatic rings. The smallest absolute Gasteiger partial charge is 0.201 e. The van der Waals surface area contributed by atoms with Crippen LogP contribution in [0.15, 0.2) is 0 Å². The van der Waals surface area contributed by atoms with Crippen LogP contribution in [0.25, 0.3) is 0 Å². The quantitative estimate of drug-likeness (QED) is 0.536. The van der Waals surface area contributed by atoms with E-state index in [0.29, 0.717) is 0 Å². The second-order valence-corrected chi connectivity index (χ2v) is 2.85. The molecule has 0 fully saturated rings. The molecule has 0 spiro atoms. The van der Waals surface area contributed by atoms with Crippen molar-refractivity contribution < 1.29 is 14.2 Å². The zero-order valence-electron chi connectivity index (χ0n) is 9.05. The zero-order valence-corrected chi connectivity index (χ0v) is 9.05. The predicted molar refractivity (Wildman–Crippen MR) is 52.8 cm³/mol. The summed E-state index contributed by atoms with van der Waals surface area (Å²) in [4.78, 5) is 0. The third-order valence-corrected chi connectivity index (χ3v) is 1.62. The van der Waals surface area contributed by atoms with Crippen LogP contribution in [0.3, 0.4) is 0 Å². The van der Waals surface area contributed by atoms with Gasteiger partial charge in [-0.2, -0.15) is 21.0 Å². The van der Waals surface area contributed by atoms with E-state index in [1.807, 2.05) is 6.07 Å². The first-order valence-corrected chi connectivity index (χ1v) is 4.56. The van der Waals surface area contributed by atoms with E-state index in [9.17, 15) is 0 Å². The molecule has 0 saturated carbocycles. The van der Waals surface area contributed by atoms with E-state index in [1.165, 1.54) is 0 Å². The summed E-state index contributed by atoms with van der Waals surface area (Å²) in [7, 11) is 0. The minimum Gasteiger partial charge on any atom is -0.362 e. The monoisotopic (exact) mass is 234 g/mol. The summed E-state index contributed by atoms with van der Waals surface area (Å²) in [5.41, 5.74) is -1.47. The molecule has 7 nitrogen and oxygen atoms in total. The average molecular weight is 234 g/mol. The van der Waals surface area contributed by atoms with Crippen LogP contribution in [0.2, 0.25) is 0 Å². The van der Waals surface area contributed by atoms with Gasteiger partial charge in [0.25, 0.3) is 0 Å². The van der Waals surface area contributed by atoms with E-state index in [0.717, 1.165) is 0 Å². The Kier molecular flexibility index (Phi) is 7.94. The fourth-order valence-electron chi connectivity index (χ4n) is 0.915. The number of hydrogen-bond acceptors (Lipinski definition) is 7. The van der Waals surface area contributed by atoms with Gasteiger partial charge in [-0.05, 0) is 0 Å². The average Bonchev–Trinajstić information content (AvgIpc) is 2.36. The van der Waals surface area contributed by atoms with Gasteiger partial charge in [0.15, 0.2) is 0 Å². The van der Waals surface area contributed by atoms with E-state index in [2.05, 4.69) is 0 Å². The molecule has 0 amide bonds. The Morgan fingerprint density at radius 2 is 1.24 bits per heavy atom. The first kappa shape index (κ1) is 14.8. The van der Waals surface area contributed by atoms with Gasteiger partial charge in [0.1, 0.15) is 25.9 Å². The molecule has 7 heteroatoms. The van der Waals surface area contributed by atoms with Gasteiger partial charge in [0, 0.05) is 0 Å². The van der Waals surface area contributed by atoms with Crippen molar-refractivity contribution in [2.45, 2.75) is 5.60 Å². The second kappa shape index (κ2) is 9.09. The summed E-state index contributed by atoms with van der Waals surface area (Å²) in [5.74, 6) is 0. The van der Waals surface area contributed by atoms with Gasteiger partial charge >= 0.3 is 0 Å². The lowest BCUT2D eigenvalue weighted by Gasteiger charge is -2.24. The van der Waals surface area contributed by atoms with Crippen LogP contribution >= 0.6 is 0 Å². The Labute approximate surface area is 98.9 Å². The van der Waals surface area contributed by atoms with Gasteiger partial charge < -0.3 is 14.2 Å². The molecule has 0 unspecified atom stereocenters. The number of ether oxygens (including phenoxy) is 3. The fraction of sp³-hybridized carbons (Fsp3) is 0.600. The fourth-order valence-corrected chi connectivity index (χ4v) is 0.915. The van der Waals surface area contributed by atoms with Crippen molar-refractivity contribution in [1.82, 2.24) is 0 Å². The Bertz CT molecular complexity index is 362. The summed E-state index contributed by atoms with van der Waals surface area (Å²) in [6.07, 6.45) is 0. The van der Waals surface area contributed by atoms with Gasteiger partial charge in [-0.1, -0.05) is 0 Å². The minimum absolute atomic E-state index is 0.197. The number of rotatable bonds is 8. The van der Waals surface area contributed by atoms with E-state index in [-0.39, 0.29) is 33.0 Å². The van der Waals surface area contributed by atoms with Crippen LogP contribution in [-0.4, -0.2) is 38.6 Å². The molecule has 0 aliphatic heterocycles. The Balaban J connectivity index is 4.43. The Hall–Kier alpha value is -2.16. The lowest BCUT2D eigenvalue weighted by molar-refractivity contribution is -0.0861. The highest BCUT2D eigenvalue weighted by Gasteiger charge is 2.32. The van der Waals surface area contributed by atoms with Gasteiger partial charge in [-0.3, -0.25) is 0 Å². The van der Waals surface area contributed by atoms with Crippen molar-refractivity contribution in [3.05, 3.63) is 0 Å². The Morgan fingerprint density at radius 1 is 0.765 bits per heavy atom.